The van der Waals surface area contributed by atoms with Crippen LogP contribution in [-0.4, -0.2) is 36.6 Å². The van der Waals surface area contributed by atoms with Crippen molar-refractivity contribution in [1.29, 1.82) is 0 Å². The molecule has 0 aromatic rings. The molecule has 0 saturated heterocycles. The van der Waals surface area contributed by atoms with Gasteiger partial charge in [-0.05, 0) is 34.6 Å². The number of hydrogen-bond donors (Lipinski definition) is 1. The van der Waals surface area contributed by atoms with Crippen molar-refractivity contribution in [3.63, 3.8) is 0 Å². The Morgan fingerprint density at radius 1 is 1.07 bits per heavy atom. The van der Waals surface area contributed by atoms with Gasteiger partial charge in [0.05, 0.1) is 0 Å². The maximum atomic E-state index is 3.42. The summed E-state index contributed by atoms with van der Waals surface area (Å²) in [5.74, 6) is 5.96. The van der Waals surface area contributed by atoms with Crippen LogP contribution >= 0.6 is 0 Å². The first-order chi connectivity index (χ1) is 7.09. The van der Waals surface area contributed by atoms with Crippen molar-refractivity contribution in [3.8, 4) is 11.8 Å². The van der Waals surface area contributed by atoms with E-state index in [9.17, 15) is 0 Å². The van der Waals surface area contributed by atoms with Crippen LogP contribution in [-0.2, 0) is 0 Å². The molecule has 0 bridgehead atoms. The smallest absolute Gasteiger partial charge is 0.0214 e. The molecule has 15 heavy (non-hydrogen) atoms. The Labute approximate surface area is 95.4 Å². The van der Waals surface area contributed by atoms with Gasteiger partial charge in [-0.3, -0.25) is 4.90 Å². The van der Waals surface area contributed by atoms with Crippen LogP contribution in [0.5, 0.6) is 0 Å². The molecule has 1 N–H and O–H groups in total. The summed E-state index contributed by atoms with van der Waals surface area (Å²) in [6.45, 7) is 14.1. The van der Waals surface area contributed by atoms with Crippen molar-refractivity contribution >= 4 is 0 Å². The number of nitrogens with zero attached hydrogens (tertiary/aromatic N) is 1. The van der Waals surface area contributed by atoms with Crippen LogP contribution < -0.4 is 5.32 Å². The van der Waals surface area contributed by atoms with Crippen LogP contribution in [0.3, 0.4) is 0 Å². The molecular weight excluding hydrogens is 184 g/mol. The molecule has 0 unspecified atom stereocenters. The minimum absolute atomic E-state index is 0.627. The molecule has 0 aliphatic carbocycles. The highest BCUT2D eigenvalue weighted by molar-refractivity contribution is 4.95. The van der Waals surface area contributed by atoms with Gasteiger partial charge in [-0.25, -0.2) is 0 Å². The van der Waals surface area contributed by atoms with E-state index in [2.05, 4.69) is 49.8 Å². The molecule has 0 heterocycles. The van der Waals surface area contributed by atoms with E-state index >= 15 is 0 Å². The maximum Gasteiger partial charge on any atom is 0.0214 e. The molecule has 2 nitrogen and oxygen atoms in total. The summed E-state index contributed by atoms with van der Waals surface area (Å²) in [5, 5.41) is 3.42. The van der Waals surface area contributed by atoms with Gasteiger partial charge in [0, 0.05) is 38.1 Å². The lowest BCUT2D eigenvalue weighted by Gasteiger charge is -2.30. The Morgan fingerprint density at radius 2 is 1.67 bits per heavy atom. The molecule has 0 aromatic heterocycles. The quantitative estimate of drug-likeness (QED) is 0.511. The van der Waals surface area contributed by atoms with Crippen LogP contribution in [0, 0.1) is 11.8 Å². The third-order valence-corrected chi connectivity index (χ3v) is 2.48. The van der Waals surface area contributed by atoms with Crippen molar-refractivity contribution < 1.29 is 0 Å². The number of nitrogens with one attached hydrogen (secondary N) is 1. The van der Waals surface area contributed by atoms with Crippen LogP contribution in [0.25, 0.3) is 0 Å². The molecule has 0 aromatic carbocycles. The minimum Gasteiger partial charge on any atom is -0.315 e. The van der Waals surface area contributed by atoms with E-state index in [1.807, 2.05) is 6.92 Å². The van der Waals surface area contributed by atoms with Gasteiger partial charge in [-0.15, -0.1) is 11.8 Å². The summed E-state index contributed by atoms with van der Waals surface area (Å²) in [6, 6.07) is 1.25. The Balaban J connectivity index is 3.57. The van der Waals surface area contributed by atoms with Crippen LogP contribution in [0.1, 0.15) is 41.0 Å². The largest absolute Gasteiger partial charge is 0.315 e. The summed E-state index contributed by atoms with van der Waals surface area (Å²) < 4.78 is 0. The van der Waals surface area contributed by atoms with Crippen molar-refractivity contribution in [2.45, 2.75) is 53.1 Å². The highest BCUT2D eigenvalue weighted by Gasteiger charge is 2.11. The second-order valence-corrected chi connectivity index (χ2v) is 4.35. The highest BCUT2D eigenvalue weighted by atomic mass is 15.2. The van der Waals surface area contributed by atoms with E-state index in [1.54, 1.807) is 0 Å². The Morgan fingerprint density at radius 3 is 2.13 bits per heavy atom. The molecule has 0 rings (SSSR count). The van der Waals surface area contributed by atoms with Gasteiger partial charge in [-0.1, -0.05) is 0 Å². The normalized spacial score (nSPS) is 10.9. The molecule has 0 atom stereocenters. The van der Waals surface area contributed by atoms with Gasteiger partial charge in [0.15, 0.2) is 0 Å². The zero-order valence-corrected chi connectivity index (χ0v) is 10.9. The van der Waals surface area contributed by atoms with Gasteiger partial charge >= 0.3 is 0 Å². The number of rotatable bonds is 7. The van der Waals surface area contributed by atoms with E-state index in [4.69, 9.17) is 0 Å². The molecule has 88 valence electrons. The standard InChI is InChI=1S/C13H26N2/c1-6-7-8-9-14-10-11-15(12(2)3)13(4)5/h12-14H,8-11H2,1-5H3. The van der Waals surface area contributed by atoms with E-state index in [-0.39, 0.29) is 0 Å². The zero-order chi connectivity index (χ0) is 11.7. The van der Waals surface area contributed by atoms with Gasteiger partial charge in [0.2, 0.25) is 0 Å². The fourth-order valence-corrected chi connectivity index (χ4v) is 1.72. The van der Waals surface area contributed by atoms with Crippen LogP contribution in [0.2, 0.25) is 0 Å². The SMILES string of the molecule is CC#CCCNCCN(C(C)C)C(C)C. The summed E-state index contributed by atoms with van der Waals surface area (Å²) in [6.07, 6.45) is 0.958. The Hall–Kier alpha value is -0.520. The second kappa shape index (κ2) is 8.76. The lowest BCUT2D eigenvalue weighted by atomic mass is 10.2. The predicted octanol–water partition coefficient (Wildman–Crippen LogP) is 2.11. The number of hydrogen-bond acceptors (Lipinski definition) is 2. The predicted molar refractivity (Wildman–Crippen MR) is 67.9 cm³/mol. The molecule has 0 saturated carbocycles. The van der Waals surface area contributed by atoms with Crippen LogP contribution in [0.15, 0.2) is 0 Å². The highest BCUT2D eigenvalue weighted by Crippen LogP contribution is 2.02. The van der Waals surface area contributed by atoms with Gasteiger partial charge in [-0.2, -0.15) is 0 Å². The first-order valence-electron chi connectivity index (χ1n) is 5.95. The van der Waals surface area contributed by atoms with Crippen molar-refractivity contribution in [1.82, 2.24) is 10.2 Å². The molecule has 0 aliphatic rings. The maximum absolute atomic E-state index is 3.42. The van der Waals surface area contributed by atoms with Crippen molar-refractivity contribution in [3.05, 3.63) is 0 Å². The monoisotopic (exact) mass is 210 g/mol. The summed E-state index contributed by atoms with van der Waals surface area (Å²) in [7, 11) is 0. The topological polar surface area (TPSA) is 15.3 Å². The first kappa shape index (κ1) is 14.5. The molecule has 0 fully saturated rings. The van der Waals surface area contributed by atoms with Gasteiger partial charge < -0.3 is 5.32 Å². The minimum atomic E-state index is 0.627. The van der Waals surface area contributed by atoms with Gasteiger partial charge in [0.25, 0.3) is 0 Å². The molecular formula is C13H26N2. The molecule has 0 aliphatic heterocycles. The fraction of sp³-hybridized carbons (Fsp3) is 0.846. The molecule has 0 amide bonds. The molecule has 0 radical (unpaired) electrons. The third-order valence-electron chi connectivity index (χ3n) is 2.48. The summed E-state index contributed by atoms with van der Waals surface area (Å²) >= 11 is 0. The average molecular weight is 210 g/mol. The lowest BCUT2D eigenvalue weighted by molar-refractivity contribution is 0.176. The third kappa shape index (κ3) is 7.41. The fourth-order valence-electron chi connectivity index (χ4n) is 1.72. The van der Waals surface area contributed by atoms with E-state index < -0.39 is 0 Å². The van der Waals surface area contributed by atoms with Crippen molar-refractivity contribution in [2.24, 2.45) is 0 Å². The van der Waals surface area contributed by atoms with E-state index in [0.29, 0.717) is 12.1 Å². The van der Waals surface area contributed by atoms with Crippen LogP contribution in [0.4, 0.5) is 0 Å². The first-order valence-corrected chi connectivity index (χ1v) is 5.95. The Bertz CT molecular complexity index is 190. The lowest BCUT2D eigenvalue weighted by Crippen LogP contribution is -2.41. The van der Waals surface area contributed by atoms with Gasteiger partial charge in [0.1, 0.15) is 0 Å². The Kier molecular flexibility index (Phi) is 8.46. The van der Waals surface area contributed by atoms with Crippen molar-refractivity contribution in [2.75, 3.05) is 19.6 Å². The van der Waals surface area contributed by atoms with E-state index in [1.165, 1.54) is 0 Å². The molecule has 0 spiro atoms. The molecule has 2 heteroatoms. The summed E-state index contributed by atoms with van der Waals surface area (Å²) in [5.41, 5.74) is 0. The second-order valence-electron chi connectivity index (χ2n) is 4.35. The summed E-state index contributed by atoms with van der Waals surface area (Å²) in [4.78, 5) is 2.50. The van der Waals surface area contributed by atoms with E-state index in [0.717, 1.165) is 26.1 Å². The zero-order valence-electron chi connectivity index (χ0n) is 10.9. The average Bonchev–Trinajstić information content (AvgIpc) is 2.15.